The third-order valence-electron chi connectivity index (χ3n) is 8.60. The second-order valence-electron chi connectivity index (χ2n) is 11.5. The van der Waals surface area contributed by atoms with Gasteiger partial charge in [0.1, 0.15) is 5.82 Å². The van der Waals surface area contributed by atoms with E-state index >= 15 is 0 Å². The van der Waals surface area contributed by atoms with Crippen LogP contribution in [-0.2, 0) is 29.0 Å². The van der Waals surface area contributed by atoms with Crippen LogP contribution in [0.1, 0.15) is 63.9 Å². The number of nitrogens with one attached hydrogen (secondary N) is 1. The standard InChI is InChI=1S/C33H31N9O5/c1-19(43)41-8-5-28-26(18-41)30(40-42(28)23-6-9-47-10-7-23)24-4-2-3-20-11-27(34-16-25(20)24)21-12-37-31(38-13-21)32(44)39-17-29-35-14-22(15-36-29)33(45)46/h2-4,11-16,23H,5-10,17-18H2,1H3,(H,39,44)(H,45,46). The summed E-state index contributed by atoms with van der Waals surface area (Å²) in [5, 5.41) is 18.7. The predicted molar refractivity (Wildman–Crippen MR) is 168 cm³/mol. The van der Waals surface area contributed by atoms with Crippen LogP contribution >= 0.6 is 0 Å². The number of hydrogen-bond acceptors (Lipinski definition) is 10. The molecule has 2 aliphatic heterocycles. The van der Waals surface area contributed by atoms with Crippen molar-refractivity contribution in [2.45, 2.75) is 45.3 Å². The Morgan fingerprint density at radius 3 is 2.49 bits per heavy atom. The molecule has 6 heterocycles. The van der Waals surface area contributed by atoms with Gasteiger partial charge in [-0.25, -0.2) is 24.7 Å². The zero-order chi connectivity index (χ0) is 32.5. The van der Waals surface area contributed by atoms with Crippen LogP contribution in [0.3, 0.4) is 0 Å². The van der Waals surface area contributed by atoms with Crippen molar-refractivity contribution in [2.24, 2.45) is 0 Å². The molecule has 5 aromatic rings. The van der Waals surface area contributed by atoms with Gasteiger partial charge in [0.05, 0.1) is 29.5 Å². The number of carboxylic acids is 1. The Morgan fingerprint density at radius 1 is 1.00 bits per heavy atom. The smallest absolute Gasteiger partial charge is 0.338 e. The molecule has 1 fully saturated rings. The van der Waals surface area contributed by atoms with Crippen molar-refractivity contribution in [2.75, 3.05) is 19.8 Å². The molecule has 2 N–H and O–H groups in total. The molecule has 0 bridgehead atoms. The fraction of sp³-hybridized carbons (Fsp3) is 0.303. The van der Waals surface area contributed by atoms with Crippen molar-refractivity contribution < 1.29 is 24.2 Å². The summed E-state index contributed by atoms with van der Waals surface area (Å²) in [5.41, 5.74) is 5.35. The molecule has 2 amide bonds. The molecule has 14 heteroatoms. The largest absolute Gasteiger partial charge is 0.478 e. The zero-order valence-electron chi connectivity index (χ0n) is 25.6. The number of carbonyl (C=O) groups is 3. The van der Waals surface area contributed by atoms with E-state index in [0.717, 1.165) is 46.9 Å². The van der Waals surface area contributed by atoms with Crippen molar-refractivity contribution in [1.29, 1.82) is 0 Å². The Hall–Kier alpha value is -5.63. The molecular weight excluding hydrogens is 602 g/mol. The molecular formula is C33H31N9O5. The number of carboxylic acid groups (broad SMARTS) is 1. The van der Waals surface area contributed by atoms with Crippen LogP contribution in [0.5, 0.6) is 0 Å². The molecule has 238 valence electrons. The van der Waals surface area contributed by atoms with Crippen LogP contribution in [0, 0.1) is 0 Å². The molecule has 0 radical (unpaired) electrons. The lowest BCUT2D eigenvalue weighted by molar-refractivity contribution is -0.129. The fourth-order valence-corrected chi connectivity index (χ4v) is 6.07. The minimum Gasteiger partial charge on any atom is -0.478 e. The lowest BCUT2D eigenvalue weighted by Gasteiger charge is -2.29. The average molecular weight is 634 g/mol. The Labute approximate surface area is 268 Å². The fourth-order valence-electron chi connectivity index (χ4n) is 6.07. The normalized spacial score (nSPS) is 15.0. The van der Waals surface area contributed by atoms with Crippen LogP contribution in [-0.4, -0.2) is 82.2 Å². The van der Waals surface area contributed by atoms with Crippen LogP contribution < -0.4 is 5.32 Å². The predicted octanol–water partition coefficient (Wildman–Crippen LogP) is 3.23. The van der Waals surface area contributed by atoms with E-state index in [1.54, 1.807) is 19.3 Å². The van der Waals surface area contributed by atoms with Gasteiger partial charge in [0, 0.05) is 98.4 Å². The maximum absolute atomic E-state index is 12.6. The summed E-state index contributed by atoms with van der Waals surface area (Å²) in [6, 6.07) is 8.28. The molecule has 2 aliphatic rings. The van der Waals surface area contributed by atoms with Crippen LogP contribution in [0.4, 0.5) is 0 Å². The number of pyridine rings is 1. The number of ether oxygens (including phenoxy) is 1. The third kappa shape index (κ3) is 6.02. The van der Waals surface area contributed by atoms with Gasteiger partial charge in [-0.2, -0.15) is 5.10 Å². The number of fused-ring (bicyclic) bond motifs is 2. The van der Waals surface area contributed by atoms with Crippen molar-refractivity contribution in [3.63, 3.8) is 0 Å². The maximum atomic E-state index is 12.6. The van der Waals surface area contributed by atoms with Gasteiger partial charge in [-0.15, -0.1) is 0 Å². The first-order valence-corrected chi connectivity index (χ1v) is 15.3. The summed E-state index contributed by atoms with van der Waals surface area (Å²) in [7, 11) is 0. The van der Waals surface area contributed by atoms with Gasteiger partial charge in [0.15, 0.2) is 0 Å². The van der Waals surface area contributed by atoms with Gasteiger partial charge in [-0.1, -0.05) is 18.2 Å². The highest BCUT2D eigenvalue weighted by atomic mass is 16.5. The summed E-state index contributed by atoms with van der Waals surface area (Å²) in [6.45, 7) is 4.22. The first-order chi connectivity index (χ1) is 22.9. The molecule has 0 saturated carbocycles. The van der Waals surface area contributed by atoms with E-state index < -0.39 is 11.9 Å². The molecule has 14 nitrogen and oxygen atoms in total. The first-order valence-electron chi connectivity index (χ1n) is 15.3. The number of aromatic nitrogens is 7. The van der Waals surface area contributed by atoms with Gasteiger partial charge in [-0.3, -0.25) is 19.3 Å². The minimum absolute atomic E-state index is 0.0122. The van der Waals surface area contributed by atoms with Gasteiger partial charge < -0.3 is 20.1 Å². The number of carbonyl (C=O) groups excluding carboxylic acids is 2. The lowest BCUT2D eigenvalue weighted by Crippen LogP contribution is -2.35. The second kappa shape index (κ2) is 12.6. The molecule has 47 heavy (non-hydrogen) atoms. The Morgan fingerprint density at radius 2 is 1.77 bits per heavy atom. The van der Waals surface area contributed by atoms with E-state index in [9.17, 15) is 14.4 Å². The van der Waals surface area contributed by atoms with E-state index in [1.165, 1.54) is 18.1 Å². The number of benzene rings is 1. The minimum atomic E-state index is -1.13. The topological polar surface area (TPSA) is 178 Å². The average Bonchev–Trinajstić information content (AvgIpc) is 3.49. The molecule has 0 spiro atoms. The van der Waals surface area contributed by atoms with Crippen molar-refractivity contribution >= 4 is 28.6 Å². The quantitative estimate of drug-likeness (QED) is 0.269. The molecule has 4 aromatic heterocycles. The van der Waals surface area contributed by atoms with E-state index in [2.05, 4.69) is 36.0 Å². The Balaban J connectivity index is 1.14. The number of aromatic carboxylic acids is 1. The summed E-state index contributed by atoms with van der Waals surface area (Å²) >= 11 is 0. The van der Waals surface area contributed by atoms with Gasteiger partial charge in [-0.05, 0) is 24.3 Å². The summed E-state index contributed by atoms with van der Waals surface area (Å²) in [5.74, 6) is -1.38. The SMILES string of the molecule is CC(=O)N1CCc2c(c(-c3cccc4cc(-c5cnc(C(=O)NCc6ncc(C(=O)O)cn6)nc5)ncc34)nn2C2CCOCC2)C1. The summed E-state index contributed by atoms with van der Waals surface area (Å²) in [4.78, 5) is 58.9. The van der Waals surface area contributed by atoms with Crippen LogP contribution in [0.25, 0.3) is 33.3 Å². The summed E-state index contributed by atoms with van der Waals surface area (Å²) < 4.78 is 7.80. The molecule has 1 saturated heterocycles. The first kappa shape index (κ1) is 30.0. The van der Waals surface area contributed by atoms with Crippen molar-refractivity contribution in [1.82, 2.24) is 44.9 Å². The van der Waals surface area contributed by atoms with Crippen molar-refractivity contribution in [3.05, 3.63) is 83.7 Å². The van der Waals surface area contributed by atoms with E-state index in [4.69, 9.17) is 19.9 Å². The number of amides is 2. The Bertz CT molecular complexity index is 1990. The highest BCUT2D eigenvalue weighted by molar-refractivity contribution is 5.97. The van der Waals surface area contributed by atoms with Crippen LogP contribution in [0.15, 0.2) is 55.2 Å². The monoisotopic (exact) mass is 633 g/mol. The van der Waals surface area contributed by atoms with Gasteiger partial charge in [0.2, 0.25) is 11.7 Å². The number of hydrogen-bond donors (Lipinski definition) is 2. The van der Waals surface area contributed by atoms with E-state index in [0.29, 0.717) is 37.6 Å². The van der Waals surface area contributed by atoms with E-state index in [1.807, 2.05) is 29.3 Å². The van der Waals surface area contributed by atoms with Crippen LogP contribution in [0.2, 0.25) is 0 Å². The van der Waals surface area contributed by atoms with E-state index in [-0.39, 0.29) is 35.7 Å². The molecule has 7 rings (SSSR count). The number of nitrogens with zero attached hydrogens (tertiary/aromatic N) is 8. The highest BCUT2D eigenvalue weighted by Crippen LogP contribution is 2.37. The second-order valence-corrected chi connectivity index (χ2v) is 11.5. The molecule has 0 unspecified atom stereocenters. The van der Waals surface area contributed by atoms with Gasteiger partial charge >= 0.3 is 5.97 Å². The maximum Gasteiger partial charge on any atom is 0.338 e. The number of rotatable bonds is 7. The molecule has 0 aliphatic carbocycles. The highest BCUT2D eigenvalue weighted by Gasteiger charge is 2.30. The summed E-state index contributed by atoms with van der Waals surface area (Å²) in [6.07, 6.45) is 9.83. The lowest BCUT2D eigenvalue weighted by atomic mass is 9.96. The van der Waals surface area contributed by atoms with Crippen molar-refractivity contribution in [3.8, 4) is 22.5 Å². The molecule has 1 aromatic carbocycles. The third-order valence-corrected chi connectivity index (χ3v) is 8.60. The van der Waals surface area contributed by atoms with Gasteiger partial charge in [0.25, 0.3) is 5.91 Å². The Kier molecular flexibility index (Phi) is 8.08. The molecule has 0 atom stereocenters. The zero-order valence-corrected chi connectivity index (χ0v) is 25.6.